The molecule has 0 radical (unpaired) electrons. The number of β-lactam (4-membered cyclic amide) rings is 1. The molecule has 12 heteroatoms. The highest BCUT2D eigenvalue weighted by atomic mass is 127. The molecular weight excluding hydrogens is 563 g/mol. The molecule has 0 aromatic heterocycles. The number of ether oxygens (including phenoxy) is 2. The summed E-state index contributed by atoms with van der Waals surface area (Å²) >= 11 is 3.42. The van der Waals surface area contributed by atoms with E-state index in [2.05, 4.69) is 27.9 Å². The number of thioether (sulfide) groups is 1. The van der Waals surface area contributed by atoms with E-state index in [1.54, 1.807) is 0 Å². The van der Waals surface area contributed by atoms with Crippen LogP contribution in [0.1, 0.15) is 37.8 Å². The van der Waals surface area contributed by atoms with Gasteiger partial charge in [-0.05, 0) is 45.7 Å². The molecule has 0 spiro atoms. The van der Waals surface area contributed by atoms with E-state index in [0.717, 1.165) is 9.13 Å². The largest absolute Gasteiger partial charge is 0.464 e. The van der Waals surface area contributed by atoms with E-state index in [1.165, 1.54) is 30.7 Å². The Morgan fingerprint density at radius 3 is 2.55 bits per heavy atom. The van der Waals surface area contributed by atoms with Gasteiger partial charge in [0.15, 0.2) is 0 Å². The Morgan fingerprint density at radius 2 is 2.00 bits per heavy atom. The summed E-state index contributed by atoms with van der Waals surface area (Å²) < 4.78 is 11.0. The van der Waals surface area contributed by atoms with E-state index in [-0.39, 0.29) is 17.2 Å². The molecule has 0 bridgehead atoms. The van der Waals surface area contributed by atoms with Gasteiger partial charge in [0.1, 0.15) is 28.6 Å². The molecule has 3 rings (SSSR count). The summed E-state index contributed by atoms with van der Waals surface area (Å²) in [5.74, 6) is -1.54. The Labute approximate surface area is 208 Å². The van der Waals surface area contributed by atoms with E-state index in [9.17, 15) is 19.2 Å². The third kappa shape index (κ3) is 4.43. The number of amides is 3. The van der Waals surface area contributed by atoms with Crippen LogP contribution in [0, 0.1) is 3.57 Å². The predicted molar refractivity (Wildman–Crippen MR) is 130 cm³/mol. The molecule has 2 aliphatic heterocycles. The smallest absolute Gasteiger partial charge is 0.404 e. The van der Waals surface area contributed by atoms with Crippen molar-refractivity contribution in [2.24, 2.45) is 11.5 Å². The number of carbonyl (C=O) groups excluding carboxylic acids is 4. The minimum Gasteiger partial charge on any atom is -0.464 e. The van der Waals surface area contributed by atoms with Crippen molar-refractivity contribution in [1.29, 1.82) is 0 Å². The maximum atomic E-state index is 12.9. The fraction of sp³-hybridized carbons (Fsp3) is 0.429. The Bertz CT molecular complexity index is 1060. The van der Waals surface area contributed by atoms with E-state index < -0.39 is 46.8 Å². The highest BCUT2D eigenvalue weighted by Gasteiger charge is 2.60. The maximum Gasteiger partial charge on any atom is 0.404 e. The average Bonchev–Trinajstić information content (AvgIpc) is 2.75. The molecule has 2 heterocycles. The Balaban J connectivity index is 2.36. The number of methoxy groups -OCH3 is 1. The Morgan fingerprint density at radius 1 is 1.33 bits per heavy atom. The van der Waals surface area contributed by atoms with Gasteiger partial charge in [-0.25, -0.2) is 9.59 Å². The second kappa shape index (κ2) is 9.50. The third-order valence-electron chi connectivity index (χ3n) is 5.45. The van der Waals surface area contributed by atoms with E-state index in [1.807, 2.05) is 32.0 Å². The molecule has 0 aliphatic carbocycles. The fourth-order valence-corrected chi connectivity index (χ4v) is 6.58. The number of carbonyl (C=O) groups is 4. The molecule has 33 heavy (non-hydrogen) atoms. The number of nitrogens with two attached hydrogens (primary N) is 2. The highest BCUT2D eigenvalue weighted by Crippen LogP contribution is 2.54. The van der Waals surface area contributed by atoms with Crippen LogP contribution in [0.4, 0.5) is 4.79 Å². The molecule has 2 unspecified atom stereocenters. The van der Waals surface area contributed by atoms with Crippen molar-refractivity contribution in [1.82, 2.24) is 10.2 Å². The lowest BCUT2D eigenvalue weighted by Crippen LogP contribution is -2.71. The van der Waals surface area contributed by atoms with Crippen LogP contribution in [0.25, 0.3) is 0 Å². The minimum atomic E-state index is -1.38. The molecule has 0 saturated carbocycles. The van der Waals surface area contributed by atoms with Crippen molar-refractivity contribution < 1.29 is 28.7 Å². The summed E-state index contributed by atoms with van der Waals surface area (Å²) in [6, 6.07) is 4.75. The van der Waals surface area contributed by atoms with Crippen LogP contribution in [0.2, 0.25) is 0 Å². The topological polar surface area (TPSA) is 154 Å². The molecule has 3 amide bonds. The molecular formula is C21H25IN4O6S. The number of primary amides is 1. The van der Waals surface area contributed by atoms with Crippen molar-refractivity contribution in [3.05, 3.63) is 44.2 Å². The summed E-state index contributed by atoms with van der Waals surface area (Å²) in [5.41, 5.74) is 12.9. The van der Waals surface area contributed by atoms with Crippen molar-refractivity contribution in [3.8, 4) is 0 Å². The Hall–Kier alpha value is -2.32. The highest BCUT2D eigenvalue weighted by molar-refractivity contribution is 14.1. The first-order valence-corrected chi connectivity index (χ1v) is 12.0. The molecule has 1 aromatic rings. The monoisotopic (exact) mass is 588 g/mol. The molecule has 10 nitrogen and oxygen atoms in total. The number of halogens is 1. The van der Waals surface area contributed by atoms with Gasteiger partial charge in [0.25, 0.3) is 0 Å². The number of benzene rings is 1. The van der Waals surface area contributed by atoms with Crippen LogP contribution < -0.4 is 16.8 Å². The van der Waals surface area contributed by atoms with Gasteiger partial charge in [-0.3, -0.25) is 14.5 Å². The number of fused-ring (bicyclic) bond motifs is 1. The summed E-state index contributed by atoms with van der Waals surface area (Å²) in [7, 11) is 1.17. The predicted octanol–water partition coefficient (Wildman–Crippen LogP) is 1.47. The average molecular weight is 588 g/mol. The van der Waals surface area contributed by atoms with Crippen LogP contribution in [0.5, 0.6) is 0 Å². The fourth-order valence-electron chi connectivity index (χ4n) is 3.92. The lowest BCUT2D eigenvalue weighted by atomic mass is 9.90. The lowest BCUT2D eigenvalue weighted by molar-refractivity contribution is -0.149. The number of hydrogen-bond acceptors (Lipinski definition) is 8. The van der Waals surface area contributed by atoms with Crippen molar-refractivity contribution in [2.45, 2.75) is 43.0 Å². The second-order valence-electron chi connectivity index (χ2n) is 7.92. The molecule has 1 saturated heterocycles. The summed E-state index contributed by atoms with van der Waals surface area (Å²) in [5, 5.41) is 2.28. The summed E-state index contributed by atoms with van der Waals surface area (Å²) in [6.07, 6.45) is -1.08. The van der Waals surface area contributed by atoms with Crippen molar-refractivity contribution in [3.63, 3.8) is 0 Å². The summed E-state index contributed by atoms with van der Waals surface area (Å²) in [6.45, 7) is 4.95. The minimum absolute atomic E-state index is 0.132. The van der Waals surface area contributed by atoms with Gasteiger partial charge in [0.05, 0.1) is 7.11 Å². The number of nitrogens with zero attached hydrogens (tertiary/aromatic N) is 1. The van der Waals surface area contributed by atoms with Crippen LogP contribution in [0.3, 0.4) is 0 Å². The van der Waals surface area contributed by atoms with Gasteiger partial charge in [-0.2, -0.15) is 0 Å². The maximum absolute atomic E-state index is 12.9. The van der Waals surface area contributed by atoms with Crippen LogP contribution >= 0.6 is 34.4 Å². The van der Waals surface area contributed by atoms with E-state index >= 15 is 0 Å². The van der Waals surface area contributed by atoms with Crippen LogP contribution in [-0.2, 0) is 28.7 Å². The normalized spacial score (nSPS) is 24.2. The zero-order valence-electron chi connectivity index (χ0n) is 18.5. The molecule has 1 fully saturated rings. The van der Waals surface area contributed by atoms with Gasteiger partial charge in [0, 0.05) is 16.1 Å². The number of nitrogens with one attached hydrogen (secondary N) is 1. The van der Waals surface area contributed by atoms with Gasteiger partial charge >= 0.3 is 12.1 Å². The molecule has 3 atom stereocenters. The lowest BCUT2D eigenvalue weighted by Gasteiger charge is -2.54. The molecule has 5 N–H and O–H groups in total. The van der Waals surface area contributed by atoms with Gasteiger partial charge in [-0.1, -0.05) is 37.7 Å². The Kier molecular flexibility index (Phi) is 7.29. The number of rotatable bonds is 6. The zero-order valence-corrected chi connectivity index (χ0v) is 21.5. The second-order valence-corrected chi connectivity index (χ2v) is 10.4. The van der Waals surface area contributed by atoms with E-state index in [0.29, 0.717) is 5.56 Å². The van der Waals surface area contributed by atoms with Gasteiger partial charge < -0.3 is 26.3 Å². The van der Waals surface area contributed by atoms with Gasteiger partial charge in [-0.15, -0.1) is 0 Å². The van der Waals surface area contributed by atoms with Gasteiger partial charge in [0.2, 0.25) is 11.8 Å². The first-order valence-electron chi connectivity index (χ1n) is 10.0. The van der Waals surface area contributed by atoms with Crippen molar-refractivity contribution >= 4 is 58.2 Å². The SMILES string of the molecule is COC(=O)C1=C(COC(N)=O)C(NC(C)=O)(c2ccc(I)c(C(C)C)c2)S[C@@H]2C(N)C(=O)N12. The molecule has 2 aliphatic rings. The zero-order chi connectivity index (χ0) is 24.7. The number of hydrogen-bond donors (Lipinski definition) is 3. The first-order chi connectivity index (χ1) is 15.4. The summed E-state index contributed by atoms with van der Waals surface area (Å²) in [4.78, 5) is 49.3. The van der Waals surface area contributed by atoms with Crippen LogP contribution in [-0.4, -0.2) is 53.9 Å². The van der Waals surface area contributed by atoms with E-state index in [4.69, 9.17) is 20.9 Å². The quantitative estimate of drug-likeness (QED) is 0.257. The van der Waals surface area contributed by atoms with Crippen molar-refractivity contribution in [2.75, 3.05) is 13.7 Å². The number of esters is 1. The third-order valence-corrected chi connectivity index (χ3v) is 8.11. The molecule has 178 valence electrons. The standard InChI is InChI=1S/C21H25IN4O6S/c1-9(2)12-7-11(5-6-14(12)22)21(25-10(3)27)13(8-32-20(24)30)16(19(29)31-4)26-17(28)15(23)18(26)33-21/h5-7,9,15,18H,8,23H2,1-4H3,(H2,24,30)(H,25,27)/t15?,18-,21?/m1/s1. The van der Waals surface area contributed by atoms with Crippen LogP contribution in [0.15, 0.2) is 29.5 Å². The first kappa shape index (κ1) is 25.3. The molecule has 1 aromatic carbocycles.